The number of hydrogen-bond donors (Lipinski definition) is 0. The van der Waals surface area contributed by atoms with Crippen molar-refractivity contribution in [2.45, 2.75) is 50.5 Å². The first-order valence-electron chi connectivity index (χ1n) is 5.92. The SMILES string of the molecule is CO[Si](C)(CC[C@@H]1CC[C@H]2O[C@H]2C1)OC. The number of epoxide rings is 1. The van der Waals surface area contributed by atoms with Crippen molar-refractivity contribution in [2.24, 2.45) is 5.92 Å². The van der Waals surface area contributed by atoms with Crippen molar-refractivity contribution in [2.75, 3.05) is 14.2 Å². The first-order valence-corrected chi connectivity index (χ1v) is 8.45. The maximum absolute atomic E-state index is 5.54. The van der Waals surface area contributed by atoms with E-state index in [-0.39, 0.29) is 0 Å². The van der Waals surface area contributed by atoms with Gasteiger partial charge >= 0.3 is 8.56 Å². The molecule has 1 heterocycles. The smallest absolute Gasteiger partial charge is 0.334 e. The van der Waals surface area contributed by atoms with Crippen LogP contribution in [0.3, 0.4) is 0 Å². The Labute approximate surface area is 93.3 Å². The molecule has 2 aliphatic rings. The zero-order valence-corrected chi connectivity index (χ0v) is 11.0. The van der Waals surface area contributed by atoms with E-state index in [1.54, 1.807) is 14.2 Å². The Hall–Kier alpha value is 0.0969. The molecule has 0 aromatic rings. The highest BCUT2D eigenvalue weighted by molar-refractivity contribution is 6.65. The van der Waals surface area contributed by atoms with Gasteiger partial charge in [0.15, 0.2) is 0 Å². The van der Waals surface area contributed by atoms with Gasteiger partial charge in [0.25, 0.3) is 0 Å². The highest BCUT2D eigenvalue weighted by atomic mass is 28.4. The van der Waals surface area contributed by atoms with Crippen molar-refractivity contribution in [3.05, 3.63) is 0 Å². The van der Waals surface area contributed by atoms with Crippen LogP contribution in [-0.2, 0) is 13.6 Å². The summed E-state index contributed by atoms with van der Waals surface area (Å²) in [5, 5.41) is 0. The molecule has 0 spiro atoms. The number of rotatable bonds is 5. The molecule has 88 valence electrons. The van der Waals surface area contributed by atoms with Gasteiger partial charge in [0.1, 0.15) is 0 Å². The normalized spacial score (nSPS) is 35.0. The van der Waals surface area contributed by atoms with Crippen molar-refractivity contribution in [3.63, 3.8) is 0 Å². The van der Waals surface area contributed by atoms with E-state index in [4.69, 9.17) is 13.6 Å². The average Bonchev–Trinajstić information content (AvgIpc) is 3.04. The molecule has 3 atom stereocenters. The minimum Gasteiger partial charge on any atom is -0.398 e. The predicted octanol–water partition coefficient (Wildman–Crippen LogP) is 2.31. The second kappa shape index (κ2) is 4.53. The summed E-state index contributed by atoms with van der Waals surface area (Å²) < 4.78 is 16.5. The fourth-order valence-corrected chi connectivity index (χ4v) is 4.01. The Kier molecular flexibility index (Phi) is 3.50. The Morgan fingerprint density at radius 2 is 1.93 bits per heavy atom. The molecule has 3 nitrogen and oxygen atoms in total. The van der Waals surface area contributed by atoms with Crippen LogP contribution in [0.2, 0.25) is 12.6 Å². The molecular formula is C11H22O3Si. The fourth-order valence-electron chi connectivity index (χ4n) is 2.50. The van der Waals surface area contributed by atoms with Crippen LogP contribution in [0.25, 0.3) is 0 Å². The van der Waals surface area contributed by atoms with E-state index < -0.39 is 8.56 Å². The summed E-state index contributed by atoms with van der Waals surface area (Å²) >= 11 is 0. The lowest BCUT2D eigenvalue weighted by Gasteiger charge is -2.26. The van der Waals surface area contributed by atoms with Gasteiger partial charge in [-0.15, -0.1) is 0 Å². The highest BCUT2D eigenvalue weighted by Gasteiger charge is 2.44. The minimum absolute atomic E-state index is 0.599. The number of hydrogen-bond acceptors (Lipinski definition) is 3. The van der Waals surface area contributed by atoms with E-state index >= 15 is 0 Å². The minimum atomic E-state index is -1.83. The summed E-state index contributed by atoms with van der Waals surface area (Å²) in [5.74, 6) is 0.839. The van der Waals surface area contributed by atoms with Gasteiger partial charge in [-0.2, -0.15) is 0 Å². The van der Waals surface area contributed by atoms with Gasteiger partial charge in [-0.3, -0.25) is 0 Å². The highest BCUT2D eigenvalue weighted by Crippen LogP contribution is 2.41. The molecule has 15 heavy (non-hydrogen) atoms. The van der Waals surface area contributed by atoms with Crippen LogP contribution in [0.4, 0.5) is 0 Å². The van der Waals surface area contributed by atoms with Gasteiger partial charge in [-0.25, -0.2) is 0 Å². The molecule has 0 bridgehead atoms. The summed E-state index contributed by atoms with van der Waals surface area (Å²) in [4.78, 5) is 0. The molecule has 4 heteroatoms. The van der Waals surface area contributed by atoms with E-state index in [0.717, 1.165) is 12.0 Å². The molecule has 2 rings (SSSR count). The second-order valence-electron chi connectivity index (χ2n) is 4.97. The van der Waals surface area contributed by atoms with Crippen LogP contribution in [0, 0.1) is 5.92 Å². The van der Waals surface area contributed by atoms with Gasteiger partial charge < -0.3 is 13.6 Å². The molecule has 1 saturated carbocycles. The first-order chi connectivity index (χ1) is 7.17. The molecule has 0 radical (unpaired) electrons. The van der Waals surface area contributed by atoms with Crippen molar-refractivity contribution >= 4 is 8.56 Å². The molecule has 0 amide bonds. The van der Waals surface area contributed by atoms with Gasteiger partial charge in [0, 0.05) is 14.2 Å². The molecule has 1 aliphatic heterocycles. The van der Waals surface area contributed by atoms with Crippen LogP contribution in [0.5, 0.6) is 0 Å². The number of fused-ring (bicyclic) bond motifs is 1. The molecule has 2 fully saturated rings. The second-order valence-corrected chi connectivity index (χ2v) is 8.56. The standard InChI is InChI=1S/C11H22O3Si/c1-12-15(3,13-2)7-6-9-4-5-10-11(8-9)14-10/h9-11H,4-8H2,1-3H3/t9-,10+,11-/m0/s1. The molecular weight excluding hydrogens is 208 g/mol. The molecule has 1 aliphatic carbocycles. The Bertz CT molecular complexity index is 218. The molecule has 0 unspecified atom stereocenters. The van der Waals surface area contributed by atoms with Crippen LogP contribution in [0.15, 0.2) is 0 Å². The lowest BCUT2D eigenvalue weighted by molar-refractivity contribution is 0.242. The summed E-state index contributed by atoms with van der Waals surface area (Å²) in [6.45, 7) is 2.15. The van der Waals surface area contributed by atoms with Crippen LogP contribution in [0.1, 0.15) is 25.7 Å². The Morgan fingerprint density at radius 3 is 2.53 bits per heavy atom. The third kappa shape index (κ3) is 2.81. The van der Waals surface area contributed by atoms with Crippen molar-refractivity contribution in [3.8, 4) is 0 Å². The summed E-state index contributed by atoms with van der Waals surface area (Å²) in [7, 11) is 1.72. The average molecular weight is 230 g/mol. The van der Waals surface area contributed by atoms with Crippen LogP contribution in [-0.4, -0.2) is 35.0 Å². The first kappa shape index (κ1) is 11.6. The monoisotopic (exact) mass is 230 g/mol. The summed E-state index contributed by atoms with van der Waals surface area (Å²) in [6.07, 6.45) is 6.34. The molecule has 0 aromatic carbocycles. The van der Waals surface area contributed by atoms with Gasteiger partial charge in [0.2, 0.25) is 0 Å². The third-order valence-electron chi connectivity index (χ3n) is 3.98. The lowest BCUT2D eigenvalue weighted by Crippen LogP contribution is -2.36. The van der Waals surface area contributed by atoms with Crippen LogP contribution < -0.4 is 0 Å². The quantitative estimate of drug-likeness (QED) is 0.536. The van der Waals surface area contributed by atoms with E-state index in [1.807, 2.05) is 0 Å². The van der Waals surface area contributed by atoms with Crippen LogP contribution >= 0.6 is 0 Å². The number of ether oxygens (including phenoxy) is 1. The van der Waals surface area contributed by atoms with E-state index in [1.165, 1.54) is 25.7 Å². The largest absolute Gasteiger partial charge is 0.398 e. The Morgan fingerprint density at radius 1 is 1.20 bits per heavy atom. The Balaban J connectivity index is 1.72. The summed E-state index contributed by atoms with van der Waals surface area (Å²) in [6, 6.07) is 1.11. The zero-order valence-electron chi connectivity index (χ0n) is 9.99. The van der Waals surface area contributed by atoms with E-state index in [0.29, 0.717) is 12.2 Å². The van der Waals surface area contributed by atoms with E-state index in [2.05, 4.69) is 6.55 Å². The molecule has 0 aromatic heterocycles. The lowest BCUT2D eigenvalue weighted by atomic mass is 9.88. The molecule has 1 saturated heterocycles. The van der Waals surface area contributed by atoms with Crippen molar-refractivity contribution in [1.29, 1.82) is 0 Å². The van der Waals surface area contributed by atoms with Gasteiger partial charge in [-0.1, -0.05) is 0 Å². The zero-order chi connectivity index (χ0) is 10.9. The predicted molar refractivity (Wildman–Crippen MR) is 61.1 cm³/mol. The van der Waals surface area contributed by atoms with E-state index in [9.17, 15) is 0 Å². The van der Waals surface area contributed by atoms with Gasteiger partial charge in [-0.05, 0) is 44.2 Å². The topological polar surface area (TPSA) is 31.0 Å². The van der Waals surface area contributed by atoms with Gasteiger partial charge in [0.05, 0.1) is 12.2 Å². The summed E-state index contributed by atoms with van der Waals surface area (Å²) in [5.41, 5.74) is 0. The maximum atomic E-state index is 5.54. The van der Waals surface area contributed by atoms with Crippen molar-refractivity contribution in [1.82, 2.24) is 0 Å². The van der Waals surface area contributed by atoms with Crippen molar-refractivity contribution < 1.29 is 13.6 Å². The fraction of sp³-hybridized carbons (Fsp3) is 1.00. The third-order valence-corrected chi connectivity index (χ3v) is 6.91. The maximum Gasteiger partial charge on any atom is 0.334 e. The molecule has 0 N–H and O–H groups in total.